The van der Waals surface area contributed by atoms with Crippen LogP contribution in [0, 0.1) is 0 Å². The number of esters is 3. The maximum absolute atomic E-state index is 11.7. The number of carbonyl (C=O) groups excluding carboxylic acids is 3. The van der Waals surface area contributed by atoms with Crippen LogP contribution < -0.4 is 4.74 Å². The summed E-state index contributed by atoms with van der Waals surface area (Å²) >= 11 is 2.93. The molecule has 160 valence electrons. The third-order valence-corrected chi connectivity index (χ3v) is 6.14. The first-order valence-electron chi connectivity index (χ1n) is 9.26. The van der Waals surface area contributed by atoms with Crippen molar-refractivity contribution in [2.24, 2.45) is 0 Å². The van der Waals surface area contributed by atoms with Gasteiger partial charge >= 0.3 is 17.9 Å². The molecule has 0 spiro atoms. The predicted molar refractivity (Wildman–Crippen MR) is 113 cm³/mol. The third-order valence-electron chi connectivity index (χ3n) is 4.25. The molecular formula is C21H22O7S2. The lowest BCUT2D eigenvalue weighted by Gasteiger charge is -2.39. The summed E-state index contributed by atoms with van der Waals surface area (Å²) in [4.78, 5) is 34.9. The van der Waals surface area contributed by atoms with Crippen LogP contribution in [0.2, 0.25) is 0 Å². The van der Waals surface area contributed by atoms with Crippen molar-refractivity contribution in [3.05, 3.63) is 41.1 Å². The molecule has 0 saturated carbocycles. The smallest absolute Gasteiger partial charge is 0.303 e. The number of rotatable bonds is 6. The summed E-state index contributed by atoms with van der Waals surface area (Å²) in [6.07, 6.45) is -2.67. The number of carbonyl (C=O) groups is 3. The summed E-state index contributed by atoms with van der Waals surface area (Å²) in [6, 6.07) is 9.57. The molecule has 2 heterocycles. The average Bonchev–Trinajstić information content (AvgIpc) is 3.20. The second kappa shape index (κ2) is 9.99. The summed E-state index contributed by atoms with van der Waals surface area (Å²) in [5, 5.41) is 4.03. The zero-order valence-electron chi connectivity index (χ0n) is 16.7. The van der Waals surface area contributed by atoms with Crippen molar-refractivity contribution in [1.82, 2.24) is 0 Å². The number of hydrogen-bond donors (Lipinski definition) is 0. The van der Waals surface area contributed by atoms with Gasteiger partial charge in [0.1, 0.15) is 5.75 Å². The molecule has 0 aliphatic carbocycles. The van der Waals surface area contributed by atoms with Crippen LogP contribution in [-0.4, -0.2) is 47.4 Å². The quantitative estimate of drug-likeness (QED) is 0.487. The van der Waals surface area contributed by atoms with E-state index >= 15 is 0 Å². The summed E-state index contributed by atoms with van der Waals surface area (Å²) in [6.45, 7) is 3.78. The SMILES string of the molecule is CC(=O)O[C@@H]1[C@@H](OC(C)=O)[C@@H](Oc2cccc(-c3ccsc3)c2)SC[C@H]1OC(C)=O. The van der Waals surface area contributed by atoms with E-state index < -0.39 is 41.7 Å². The van der Waals surface area contributed by atoms with Crippen LogP contribution in [0.25, 0.3) is 11.1 Å². The van der Waals surface area contributed by atoms with Gasteiger partial charge in [0.05, 0.1) is 0 Å². The zero-order chi connectivity index (χ0) is 21.7. The number of hydrogen-bond acceptors (Lipinski definition) is 9. The number of thiophene rings is 1. The van der Waals surface area contributed by atoms with Gasteiger partial charge in [-0.05, 0) is 40.1 Å². The van der Waals surface area contributed by atoms with E-state index in [0.29, 0.717) is 11.5 Å². The highest BCUT2D eigenvalue weighted by Crippen LogP contribution is 2.35. The van der Waals surface area contributed by atoms with Crippen LogP contribution in [0.3, 0.4) is 0 Å². The summed E-state index contributed by atoms with van der Waals surface area (Å²) < 4.78 is 22.3. The Hall–Kier alpha value is -2.52. The van der Waals surface area contributed by atoms with E-state index in [9.17, 15) is 14.4 Å². The monoisotopic (exact) mass is 450 g/mol. The van der Waals surface area contributed by atoms with Crippen LogP contribution in [-0.2, 0) is 28.6 Å². The van der Waals surface area contributed by atoms with E-state index in [4.69, 9.17) is 18.9 Å². The van der Waals surface area contributed by atoms with Gasteiger partial charge in [-0.15, -0.1) is 11.8 Å². The van der Waals surface area contributed by atoms with E-state index in [2.05, 4.69) is 0 Å². The fraction of sp³-hybridized carbons (Fsp3) is 0.381. The van der Waals surface area contributed by atoms with Crippen molar-refractivity contribution in [2.45, 2.75) is 44.5 Å². The Balaban J connectivity index is 1.85. The van der Waals surface area contributed by atoms with Crippen molar-refractivity contribution >= 4 is 41.0 Å². The maximum atomic E-state index is 11.7. The molecule has 1 saturated heterocycles. The van der Waals surface area contributed by atoms with E-state index in [1.54, 1.807) is 17.4 Å². The van der Waals surface area contributed by atoms with E-state index in [1.165, 1.54) is 32.5 Å². The molecule has 1 fully saturated rings. The first-order valence-corrected chi connectivity index (χ1v) is 11.2. The lowest BCUT2D eigenvalue weighted by molar-refractivity contribution is -0.186. The molecule has 9 heteroatoms. The van der Waals surface area contributed by atoms with Gasteiger partial charge in [-0.1, -0.05) is 12.1 Å². The van der Waals surface area contributed by atoms with Gasteiger partial charge in [-0.25, -0.2) is 0 Å². The number of benzene rings is 1. The topological polar surface area (TPSA) is 88.1 Å². The van der Waals surface area contributed by atoms with Crippen molar-refractivity contribution < 1.29 is 33.3 Å². The van der Waals surface area contributed by atoms with E-state index in [-0.39, 0.29) is 0 Å². The number of ether oxygens (including phenoxy) is 4. The minimum Gasteiger partial charge on any atom is -0.476 e. The van der Waals surface area contributed by atoms with Crippen molar-refractivity contribution in [1.29, 1.82) is 0 Å². The van der Waals surface area contributed by atoms with Gasteiger partial charge < -0.3 is 18.9 Å². The van der Waals surface area contributed by atoms with Gasteiger partial charge in [-0.2, -0.15) is 11.3 Å². The molecule has 30 heavy (non-hydrogen) atoms. The summed E-state index contributed by atoms with van der Waals surface area (Å²) in [5.74, 6) is -0.728. The third kappa shape index (κ3) is 5.76. The van der Waals surface area contributed by atoms with Crippen LogP contribution in [0.5, 0.6) is 5.75 Å². The van der Waals surface area contributed by atoms with E-state index in [0.717, 1.165) is 11.1 Å². The molecule has 7 nitrogen and oxygen atoms in total. The second-order valence-electron chi connectivity index (χ2n) is 6.66. The Bertz CT molecular complexity index is 897. The van der Waals surface area contributed by atoms with Crippen LogP contribution in [0.15, 0.2) is 41.1 Å². The molecule has 3 rings (SSSR count). The van der Waals surface area contributed by atoms with Gasteiger partial charge in [0, 0.05) is 26.5 Å². The highest BCUT2D eigenvalue weighted by Gasteiger charge is 2.47. The second-order valence-corrected chi connectivity index (χ2v) is 8.57. The van der Waals surface area contributed by atoms with Gasteiger partial charge in [-0.3, -0.25) is 14.4 Å². The minimum atomic E-state index is -0.971. The predicted octanol–water partition coefficient (Wildman–Crippen LogP) is 3.66. The molecule has 4 atom stereocenters. The first kappa shape index (κ1) is 22.2. The molecular weight excluding hydrogens is 428 g/mol. The zero-order valence-corrected chi connectivity index (χ0v) is 18.4. The Labute approximate surface area is 182 Å². The minimum absolute atomic E-state index is 0.324. The normalized spacial score (nSPS) is 23.3. The maximum Gasteiger partial charge on any atom is 0.303 e. The van der Waals surface area contributed by atoms with Crippen molar-refractivity contribution in [3.63, 3.8) is 0 Å². The Morgan fingerprint density at radius 2 is 1.60 bits per heavy atom. The summed E-state index contributed by atoms with van der Waals surface area (Å²) in [5.41, 5.74) is 1.42. The highest BCUT2D eigenvalue weighted by molar-refractivity contribution is 7.99. The average molecular weight is 451 g/mol. The fourth-order valence-electron chi connectivity index (χ4n) is 3.12. The van der Waals surface area contributed by atoms with Gasteiger partial charge in [0.2, 0.25) is 0 Å². The van der Waals surface area contributed by atoms with Gasteiger partial charge in [0.15, 0.2) is 23.7 Å². The molecule has 0 radical (unpaired) electrons. The molecule has 1 aromatic heterocycles. The molecule has 1 aromatic carbocycles. The Morgan fingerprint density at radius 1 is 0.900 bits per heavy atom. The van der Waals surface area contributed by atoms with Gasteiger partial charge in [0.25, 0.3) is 0 Å². The lowest BCUT2D eigenvalue weighted by Crippen LogP contribution is -2.55. The van der Waals surface area contributed by atoms with Crippen LogP contribution >= 0.6 is 23.1 Å². The first-order chi connectivity index (χ1) is 14.3. The van der Waals surface area contributed by atoms with E-state index in [1.807, 2.05) is 35.0 Å². The molecule has 2 aromatic rings. The van der Waals surface area contributed by atoms with Crippen LogP contribution in [0.4, 0.5) is 0 Å². The molecule has 0 bridgehead atoms. The molecule has 0 unspecified atom stereocenters. The van der Waals surface area contributed by atoms with Crippen molar-refractivity contribution in [3.8, 4) is 16.9 Å². The standard InChI is InChI=1S/C21H22O7S2/c1-12(22)25-18-11-30-21(20(27-14(3)24)19(18)26-13(2)23)28-17-6-4-5-15(9-17)16-7-8-29-10-16/h4-10,18-21H,11H2,1-3H3/t18-,19+,20-,21+/m1/s1. The molecule has 0 N–H and O–H groups in total. The Kier molecular flexibility index (Phi) is 7.38. The lowest BCUT2D eigenvalue weighted by atomic mass is 10.1. The largest absolute Gasteiger partial charge is 0.476 e. The fourth-order valence-corrected chi connectivity index (χ4v) is 5.00. The molecule has 1 aliphatic rings. The number of thioether (sulfide) groups is 1. The molecule has 0 amide bonds. The Morgan fingerprint density at radius 3 is 2.23 bits per heavy atom. The summed E-state index contributed by atoms with van der Waals surface area (Å²) in [7, 11) is 0. The highest BCUT2D eigenvalue weighted by atomic mass is 32.2. The van der Waals surface area contributed by atoms with Crippen molar-refractivity contribution in [2.75, 3.05) is 5.75 Å². The molecule has 1 aliphatic heterocycles. The van der Waals surface area contributed by atoms with Crippen LogP contribution in [0.1, 0.15) is 20.8 Å².